The number of amides is 1. The lowest BCUT2D eigenvalue weighted by Crippen LogP contribution is -2.38. The van der Waals surface area contributed by atoms with Gasteiger partial charge in [0, 0.05) is 24.0 Å². The fraction of sp³-hybridized carbons (Fsp3) is 0.0588. The highest BCUT2D eigenvalue weighted by atomic mass is 16.5. The third kappa shape index (κ3) is 3.01. The van der Waals surface area contributed by atoms with E-state index in [9.17, 15) is 4.79 Å². The highest BCUT2D eigenvalue weighted by Gasteiger charge is 2.16. The molecule has 0 saturated heterocycles. The van der Waals surface area contributed by atoms with Crippen LogP contribution in [-0.4, -0.2) is 28.8 Å². The molecule has 0 spiro atoms. The van der Waals surface area contributed by atoms with Crippen LogP contribution in [0, 0.1) is 5.41 Å². The van der Waals surface area contributed by atoms with E-state index in [1.54, 1.807) is 6.07 Å². The zero-order valence-electron chi connectivity index (χ0n) is 12.5. The van der Waals surface area contributed by atoms with Gasteiger partial charge < -0.3 is 15.5 Å². The van der Waals surface area contributed by atoms with Crippen molar-refractivity contribution in [3.8, 4) is 11.5 Å². The van der Waals surface area contributed by atoms with Gasteiger partial charge in [0.05, 0.1) is 0 Å². The van der Waals surface area contributed by atoms with Gasteiger partial charge in [0.2, 0.25) is 0 Å². The van der Waals surface area contributed by atoms with E-state index >= 15 is 0 Å². The van der Waals surface area contributed by atoms with Crippen LogP contribution in [0.4, 0.5) is 0 Å². The Morgan fingerprint density at radius 2 is 1.87 bits per heavy atom. The number of carbonyl (C=O) groups excluding carboxylic acids is 1. The lowest BCUT2D eigenvalue weighted by atomic mass is 10.2. The molecule has 1 amide bonds. The first-order valence-electron chi connectivity index (χ1n) is 7.02. The van der Waals surface area contributed by atoms with Crippen molar-refractivity contribution >= 4 is 22.8 Å². The van der Waals surface area contributed by atoms with Crippen LogP contribution in [0.25, 0.3) is 10.9 Å². The first kappa shape index (κ1) is 14.6. The Bertz CT molecular complexity index is 871. The lowest BCUT2D eigenvalue weighted by molar-refractivity contribution is 0.0864. The maximum absolute atomic E-state index is 12.2. The number of aromatic amines is 1. The molecule has 0 atom stereocenters. The predicted octanol–water partition coefficient (Wildman–Crippen LogP) is 2.93. The first-order chi connectivity index (χ1) is 11.0. The maximum atomic E-state index is 12.2. The summed E-state index contributed by atoms with van der Waals surface area (Å²) in [5, 5.41) is 8.20. The number of H-pyrrole nitrogens is 1. The molecule has 3 rings (SSSR count). The fourth-order valence-electron chi connectivity index (χ4n) is 2.20. The van der Waals surface area contributed by atoms with Crippen molar-refractivity contribution < 1.29 is 9.53 Å². The van der Waals surface area contributed by atoms with Crippen molar-refractivity contribution in [3.63, 3.8) is 0 Å². The van der Waals surface area contributed by atoms with Gasteiger partial charge in [-0.3, -0.25) is 15.1 Å². The van der Waals surface area contributed by atoms with Gasteiger partial charge >= 0.3 is 0 Å². The minimum absolute atomic E-state index is 0.304. The van der Waals surface area contributed by atoms with Gasteiger partial charge in [0.15, 0.2) is 5.96 Å². The molecule has 0 saturated carbocycles. The normalized spacial score (nSPS) is 10.5. The van der Waals surface area contributed by atoms with Gasteiger partial charge in [-0.2, -0.15) is 0 Å². The molecule has 0 unspecified atom stereocenters. The van der Waals surface area contributed by atoms with E-state index in [2.05, 4.69) is 4.98 Å². The standard InChI is InChI=1S/C17H16N4O2/c1-21(17(18)19)16(22)15-9-11-7-8-13(10-14(11)20-15)23-12-5-3-2-4-6-12/h2-10,20H,1H3,(H3,18,19). The SMILES string of the molecule is CN(C(=N)N)C(=O)c1cc2ccc(Oc3ccccc3)cc2[nH]1. The summed E-state index contributed by atoms with van der Waals surface area (Å²) in [6.07, 6.45) is 0. The molecule has 3 aromatic rings. The highest BCUT2D eigenvalue weighted by Crippen LogP contribution is 2.26. The van der Waals surface area contributed by atoms with Crippen LogP contribution in [0.1, 0.15) is 10.5 Å². The average molecular weight is 308 g/mol. The zero-order chi connectivity index (χ0) is 16.4. The van der Waals surface area contributed by atoms with Gasteiger partial charge in [-0.1, -0.05) is 18.2 Å². The summed E-state index contributed by atoms with van der Waals surface area (Å²) < 4.78 is 5.77. The van der Waals surface area contributed by atoms with Crippen molar-refractivity contribution in [2.75, 3.05) is 7.05 Å². The third-order valence-electron chi connectivity index (χ3n) is 3.47. The molecule has 6 nitrogen and oxygen atoms in total. The van der Waals surface area contributed by atoms with Crippen LogP contribution in [0.2, 0.25) is 0 Å². The molecule has 0 aliphatic rings. The largest absolute Gasteiger partial charge is 0.457 e. The molecule has 0 aliphatic heterocycles. The Morgan fingerprint density at radius 3 is 2.57 bits per heavy atom. The second-order valence-electron chi connectivity index (χ2n) is 5.10. The molecule has 4 N–H and O–H groups in total. The van der Waals surface area contributed by atoms with Gasteiger partial charge in [0.1, 0.15) is 17.2 Å². The van der Waals surface area contributed by atoms with Crippen molar-refractivity contribution in [2.45, 2.75) is 0 Å². The minimum atomic E-state index is -0.362. The number of hydrogen-bond acceptors (Lipinski definition) is 3. The Kier molecular flexibility index (Phi) is 3.72. The molecule has 1 aromatic heterocycles. The Balaban J connectivity index is 1.89. The Morgan fingerprint density at radius 1 is 1.13 bits per heavy atom. The molecule has 0 fully saturated rings. The molecule has 116 valence electrons. The minimum Gasteiger partial charge on any atom is -0.457 e. The topological polar surface area (TPSA) is 95.2 Å². The summed E-state index contributed by atoms with van der Waals surface area (Å²) in [5.41, 5.74) is 6.48. The zero-order valence-corrected chi connectivity index (χ0v) is 12.5. The van der Waals surface area contributed by atoms with E-state index < -0.39 is 0 Å². The highest BCUT2D eigenvalue weighted by molar-refractivity contribution is 6.05. The predicted molar refractivity (Wildman–Crippen MR) is 88.8 cm³/mol. The number of ether oxygens (including phenoxy) is 1. The van der Waals surface area contributed by atoms with Gasteiger partial charge in [-0.15, -0.1) is 0 Å². The summed E-state index contributed by atoms with van der Waals surface area (Å²) in [6, 6.07) is 16.7. The number of rotatable bonds is 3. The second-order valence-corrected chi connectivity index (χ2v) is 5.10. The van der Waals surface area contributed by atoms with Gasteiger partial charge in [-0.25, -0.2) is 0 Å². The Labute approximate surface area is 133 Å². The Hall–Kier alpha value is -3.28. The number of guanidine groups is 1. The van der Waals surface area contributed by atoms with E-state index in [0.29, 0.717) is 11.4 Å². The van der Waals surface area contributed by atoms with E-state index in [-0.39, 0.29) is 11.9 Å². The molecule has 0 aliphatic carbocycles. The van der Waals surface area contributed by atoms with Crippen molar-refractivity contribution in [2.24, 2.45) is 5.73 Å². The van der Waals surface area contributed by atoms with Crippen LogP contribution >= 0.6 is 0 Å². The van der Waals surface area contributed by atoms with Crippen LogP contribution in [-0.2, 0) is 0 Å². The molecular formula is C17H16N4O2. The van der Waals surface area contributed by atoms with E-state index in [1.165, 1.54) is 7.05 Å². The summed E-state index contributed by atoms with van der Waals surface area (Å²) in [7, 11) is 1.46. The number of fused-ring (bicyclic) bond motifs is 1. The third-order valence-corrected chi connectivity index (χ3v) is 3.47. The summed E-state index contributed by atoms with van der Waals surface area (Å²) in [5.74, 6) is 0.747. The van der Waals surface area contributed by atoms with E-state index in [0.717, 1.165) is 21.6 Å². The van der Waals surface area contributed by atoms with E-state index in [1.807, 2.05) is 48.5 Å². The first-order valence-corrected chi connectivity index (χ1v) is 7.02. The molecule has 23 heavy (non-hydrogen) atoms. The number of nitrogens with one attached hydrogen (secondary N) is 2. The van der Waals surface area contributed by atoms with Gasteiger partial charge in [-0.05, 0) is 30.3 Å². The number of hydrogen-bond donors (Lipinski definition) is 3. The molecule has 1 heterocycles. The van der Waals surface area contributed by atoms with E-state index in [4.69, 9.17) is 15.9 Å². The van der Waals surface area contributed by atoms with Crippen LogP contribution in [0.15, 0.2) is 54.6 Å². The van der Waals surface area contributed by atoms with Gasteiger partial charge in [0.25, 0.3) is 5.91 Å². The smallest absolute Gasteiger partial charge is 0.276 e. The van der Waals surface area contributed by atoms with Crippen molar-refractivity contribution in [1.29, 1.82) is 5.41 Å². The number of aromatic nitrogens is 1. The fourth-order valence-corrected chi connectivity index (χ4v) is 2.20. The molecular weight excluding hydrogens is 292 g/mol. The molecule has 2 aromatic carbocycles. The molecule has 6 heteroatoms. The number of benzene rings is 2. The number of para-hydroxylation sites is 1. The second kappa shape index (κ2) is 5.84. The van der Waals surface area contributed by atoms with Crippen LogP contribution in [0.5, 0.6) is 11.5 Å². The number of nitrogens with two attached hydrogens (primary N) is 1. The quantitative estimate of drug-likeness (QED) is 0.513. The average Bonchev–Trinajstić information content (AvgIpc) is 2.97. The molecule has 0 radical (unpaired) electrons. The van der Waals surface area contributed by atoms with Crippen molar-refractivity contribution in [1.82, 2.24) is 9.88 Å². The number of nitrogens with zero attached hydrogens (tertiary/aromatic N) is 1. The maximum Gasteiger partial charge on any atom is 0.276 e. The monoisotopic (exact) mass is 308 g/mol. The summed E-state index contributed by atoms with van der Waals surface area (Å²) in [4.78, 5) is 16.3. The van der Waals surface area contributed by atoms with Crippen molar-refractivity contribution in [3.05, 3.63) is 60.3 Å². The number of carbonyl (C=O) groups is 1. The van der Waals surface area contributed by atoms with Crippen LogP contribution < -0.4 is 10.5 Å². The van der Waals surface area contributed by atoms with Crippen LogP contribution in [0.3, 0.4) is 0 Å². The lowest BCUT2D eigenvalue weighted by Gasteiger charge is -2.12. The molecule has 0 bridgehead atoms. The summed E-state index contributed by atoms with van der Waals surface area (Å²) in [6.45, 7) is 0. The summed E-state index contributed by atoms with van der Waals surface area (Å²) >= 11 is 0.